The van der Waals surface area contributed by atoms with Crippen LogP contribution in [0.5, 0.6) is 0 Å². The maximum absolute atomic E-state index is 12.7. The zero-order chi connectivity index (χ0) is 22.3. The topological polar surface area (TPSA) is 42.0 Å². The highest BCUT2D eigenvalue weighted by Crippen LogP contribution is 2.43. The quantitative estimate of drug-likeness (QED) is 0.312. The zero-order valence-electron chi connectivity index (χ0n) is 18.6. The molecule has 2 heterocycles. The Morgan fingerprint density at radius 1 is 1.06 bits per heavy atom. The molecule has 4 rings (SSSR count). The number of carbonyl (C=O) groups excluding carboxylic acids is 1. The van der Waals surface area contributed by atoms with Crippen LogP contribution in [-0.2, 0) is 0 Å². The maximum atomic E-state index is 12.7. The van der Waals surface area contributed by atoms with Crippen LogP contribution >= 0.6 is 11.8 Å². The number of pyridine rings is 1. The molecule has 0 saturated carbocycles. The Labute approximate surface area is 194 Å². The summed E-state index contributed by atoms with van der Waals surface area (Å²) in [6, 6.07) is 18.5. The first-order chi connectivity index (χ1) is 15.7. The molecule has 0 atom stereocenters. The van der Waals surface area contributed by atoms with E-state index in [2.05, 4.69) is 73.8 Å². The molecule has 2 aromatic carbocycles. The molecule has 32 heavy (non-hydrogen) atoms. The van der Waals surface area contributed by atoms with Gasteiger partial charge in [-0.15, -0.1) is 0 Å². The van der Waals surface area contributed by atoms with Crippen molar-refractivity contribution in [2.24, 2.45) is 0 Å². The Morgan fingerprint density at radius 3 is 2.78 bits per heavy atom. The van der Waals surface area contributed by atoms with E-state index in [4.69, 9.17) is 4.98 Å². The Kier molecular flexibility index (Phi) is 7.23. The minimum absolute atomic E-state index is 0.0210. The number of carbonyl (C=O) groups is 1. The van der Waals surface area contributed by atoms with E-state index < -0.39 is 0 Å². The Hall–Kier alpha value is -3.11. The SMILES string of the molecule is CC/C=C\c1cccnc1C1=Cc2cc(C(=O)NCCCC)ccc2Sc2ccccc21. The number of unbranched alkanes of at least 4 members (excludes halogenated alkanes) is 1. The molecule has 1 aliphatic rings. The van der Waals surface area contributed by atoms with Gasteiger partial charge in [-0.25, -0.2) is 0 Å². The molecule has 0 fully saturated rings. The van der Waals surface area contributed by atoms with Gasteiger partial charge in [0.15, 0.2) is 0 Å². The lowest BCUT2D eigenvalue weighted by Crippen LogP contribution is -2.24. The monoisotopic (exact) mass is 440 g/mol. The molecule has 162 valence electrons. The van der Waals surface area contributed by atoms with Gasteiger partial charge in [0.25, 0.3) is 5.91 Å². The van der Waals surface area contributed by atoms with Crippen molar-refractivity contribution in [2.45, 2.75) is 42.9 Å². The lowest BCUT2D eigenvalue weighted by Gasteiger charge is -2.12. The molecule has 0 unspecified atom stereocenters. The molecule has 1 amide bonds. The van der Waals surface area contributed by atoms with Crippen LogP contribution in [0.1, 0.15) is 65.9 Å². The predicted molar refractivity (Wildman–Crippen MR) is 135 cm³/mol. The Bertz CT molecular complexity index is 1180. The summed E-state index contributed by atoms with van der Waals surface area (Å²) in [5.41, 5.74) is 6.02. The van der Waals surface area contributed by atoms with Crippen LogP contribution < -0.4 is 5.32 Å². The van der Waals surface area contributed by atoms with Gasteiger partial charge >= 0.3 is 0 Å². The third-order valence-electron chi connectivity index (χ3n) is 5.41. The van der Waals surface area contributed by atoms with Gasteiger partial charge in [0.1, 0.15) is 0 Å². The molecule has 4 heteroatoms. The van der Waals surface area contributed by atoms with E-state index in [0.29, 0.717) is 12.1 Å². The molecule has 1 N–H and O–H groups in total. The van der Waals surface area contributed by atoms with Crippen molar-refractivity contribution in [1.82, 2.24) is 10.3 Å². The van der Waals surface area contributed by atoms with Crippen molar-refractivity contribution in [3.63, 3.8) is 0 Å². The summed E-state index contributed by atoms with van der Waals surface area (Å²) < 4.78 is 0. The van der Waals surface area contributed by atoms with Crippen molar-refractivity contribution in [3.05, 3.63) is 94.8 Å². The molecule has 0 bridgehead atoms. The summed E-state index contributed by atoms with van der Waals surface area (Å²) in [7, 11) is 0. The first-order valence-corrected chi connectivity index (χ1v) is 12.1. The highest BCUT2D eigenvalue weighted by Gasteiger charge is 2.20. The summed E-state index contributed by atoms with van der Waals surface area (Å²) in [5.74, 6) is -0.0210. The van der Waals surface area contributed by atoms with Gasteiger partial charge < -0.3 is 5.32 Å². The average molecular weight is 441 g/mol. The van der Waals surface area contributed by atoms with Crippen molar-refractivity contribution in [2.75, 3.05) is 6.54 Å². The van der Waals surface area contributed by atoms with Gasteiger partial charge in [-0.05, 0) is 60.4 Å². The van der Waals surface area contributed by atoms with Crippen LogP contribution in [0.15, 0.2) is 76.7 Å². The second-order valence-corrected chi connectivity index (χ2v) is 8.85. The number of nitrogens with zero attached hydrogens (tertiary/aromatic N) is 1. The number of allylic oxidation sites excluding steroid dienone is 1. The van der Waals surface area contributed by atoms with Crippen LogP contribution in [0.2, 0.25) is 0 Å². The van der Waals surface area contributed by atoms with E-state index in [1.807, 2.05) is 24.4 Å². The van der Waals surface area contributed by atoms with Crippen molar-refractivity contribution in [1.29, 1.82) is 0 Å². The van der Waals surface area contributed by atoms with E-state index in [9.17, 15) is 4.79 Å². The van der Waals surface area contributed by atoms with E-state index in [-0.39, 0.29) is 5.91 Å². The second kappa shape index (κ2) is 10.5. The molecule has 1 aliphatic heterocycles. The smallest absolute Gasteiger partial charge is 0.251 e. The highest BCUT2D eigenvalue weighted by molar-refractivity contribution is 7.99. The number of fused-ring (bicyclic) bond motifs is 2. The summed E-state index contributed by atoms with van der Waals surface area (Å²) >= 11 is 1.74. The van der Waals surface area contributed by atoms with E-state index >= 15 is 0 Å². The van der Waals surface area contributed by atoms with Gasteiger partial charge in [-0.3, -0.25) is 9.78 Å². The minimum atomic E-state index is -0.0210. The van der Waals surface area contributed by atoms with Crippen molar-refractivity contribution < 1.29 is 4.79 Å². The molecular formula is C28H28N2OS. The predicted octanol–water partition coefficient (Wildman–Crippen LogP) is 7.09. The number of nitrogens with one attached hydrogen (secondary N) is 1. The fraction of sp³-hybridized carbons (Fsp3) is 0.214. The third-order valence-corrected chi connectivity index (χ3v) is 6.58. The fourth-order valence-electron chi connectivity index (χ4n) is 3.72. The van der Waals surface area contributed by atoms with Gasteiger partial charge in [0.05, 0.1) is 5.69 Å². The summed E-state index contributed by atoms with van der Waals surface area (Å²) in [5, 5.41) is 3.03. The van der Waals surface area contributed by atoms with E-state index in [1.165, 1.54) is 4.90 Å². The lowest BCUT2D eigenvalue weighted by molar-refractivity contribution is 0.0953. The van der Waals surface area contributed by atoms with Crippen LogP contribution in [0.3, 0.4) is 0 Å². The molecule has 3 nitrogen and oxygen atoms in total. The van der Waals surface area contributed by atoms with Crippen LogP contribution in [0.25, 0.3) is 17.7 Å². The van der Waals surface area contributed by atoms with Gasteiger partial charge in [0.2, 0.25) is 0 Å². The molecule has 0 saturated heterocycles. The van der Waals surface area contributed by atoms with Crippen molar-refractivity contribution >= 4 is 35.4 Å². The molecule has 0 radical (unpaired) electrons. The van der Waals surface area contributed by atoms with Crippen LogP contribution in [0, 0.1) is 0 Å². The largest absolute Gasteiger partial charge is 0.352 e. The van der Waals surface area contributed by atoms with Gasteiger partial charge in [-0.1, -0.05) is 68.4 Å². The van der Waals surface area contributed by atoms with Gasteiger partial charge in [-0.2, -0.15) is 0 Å². The normalized spacial score (nSPS) is 12.6. The first kappa shape index (κ1) is 22.1. The number of aromatic nitrogens is 1. The lowest BCUT2D eigenvalue weighted by atomic mass is 9.95. The fourth-order valence-corrected chi connectivity index (χ4v) is 4.77. The molecular weight excluding hydrogens is 412 g/mol. The van der Waals surface area contributed by atoms with Gasteiger partial charge in [0, 0.05) is 39.2 Å². The molecule has 0 spiro atoms. The zero-order valence-corrected chi connectivity index (χ0v) is 19.4. The number of hydrogen-bond acceptors (Lipinski definition) is 3. The second-order valence-electron chi connectivity index (χ2n) is 7.77. The van der Waals surface area contributed by atoms with Crippen LogP contribution in [0.4, 0.5) is 0 Å². The minimum Gasteiger partial charge on any atom is -0.352 e. The Morgan fingerprint density at radius 2 is 1.94 bits per heavy atom. The number of rotatable bonds is 7. The third kappa shape index (κ3) is 4.86. The Balaban J connectivity index is 1.83. The molecule has 3 aromatic rings. The number of amides is 1. The molecule has 0 aliphatic carbocycles. The van der Waals surface area contributed by atoms with Crippen LogP contribution in [-0.4, -0.2) is 17.4 Å². The summed E-state index contributed by atoms with van der Waals surface area (Å²) in [6.07, 6.45) is 11.3. The van der Waals surface area contributed by atoms with Crippen molar-refractivity contribution in [3.8, 4) is 0 Å². The molecule has 1 aromatic heterocycles. The van der Waals surface area contributed by atoms with E-state index in [1.54, 1.807) is 11.8 Å². The number of benzene rings is 2. The summed E-state index contributed by atoms with van der Waals surface area (Å²) in [6.45, 7) is 4.96. The summed E-state index contributed by atoms with van der Waals surface area (Å²) in [4.78, 5) is 19.8. The standard InChI is InChI=1S/C28H28N2OS/c1-3-5-10-20-11-9-17-29-27(20)24-19-22-18-21(28(31)30-16-6-4-2)14-15-25(22)32-26-13-8-7-12-23(24)26/h5,7-15,17-19H,3-4,6,16H2,1-2H3,(H,30,31)/b10-5-. The first-order valence-electron chi connectivity index (χ1n) is 11.2. The average Bonchev–Trinajstić information content (AvgIpc) is 2.99. The van der Waals surface area contributed by atoms with E-state index in [0.717, 1.165) is 52.1 Å². The number of hydrogen-bond donors (Lipinski definition) is 1. The maximum Gasteiger partial charge on any atom is 0.251 e. The highest BCUT2D eigenvalue weighted by atomic mass is 32.2.